The first-order chi connectivity index (χ1) is 23.8. The van der Waals surface area contributed by atoms with Crippen molar-refractivity contribution in [3.8, 4) is 55.6 Å². The van der Waals surface area contributed by atoms with Gasteiger partial charge in [-0.1, -0.05) is 176 Å². The zero-order valence-electron chi connectivity index (χ0n) is 26.5. The summed E-state index contributed by atoms with van der Waals surface area (Å²) in [5.41, 5.74) is 12.2. The molecule has 0 radical (unpaired) electrons. The molecule has 0 aliphatic carbocycles. The summed E-state index contributed by atoms with van der Waals surface area (Å²) in [5, 5.41) is 7.82. The van der Waals surface area contributed by atoms with Crippen molar-refractivity contribution in [3.05, 3.63) is 194 Å². The molecule has 9 aromatic carbocycles. The van der Waals surface area contributed by atoms with Crippen molar-refractivity contribution >= 4 is 32.3 Å². The largest absolute Gasteiger partial charge is 0.0622 e. The highest BCUT2D eigenvalue weighted by atomic mass is 14.1. The van der Waals surface area contributed by atoms with Gasteiger partial charge in [0.25, 0.3) is 0 Å². The standard InChI is InChI=1S/C48H32/c1-2-10-33(11-3-1)34-20-22-35(23-21-34)38-12-8-14-40(30-38)41-15-9-13-39(31-41)36-24-26-37(27-25-36)42-28-29-47-45-18-5-4-16-43(45)44-17-6-7-19-46(44)48(47)32-42/h1-32H. The minimum absolute atomic E-state index is 1.21. The van der Waals surface area contributed by atoms with E-state index in [-0.39, 0.29) is 0 Å². The van der Waals surface area contributed by atoms with Gasteiger partial charge in [-0.25, -0.2) is 0 Å². The topological polar surface area (TPSA) is 0 Å². The fraction of sp³-hybridized carbons (Fsp3) is 0. The van der Waals surface area contributed by atoms with Crippen LogP contribution in [0.1, 0.15) is 0 Å². The molecule has 0 fully saturated rings. The van der Waals surface area contributed by atoms with Gasteiger partial charge in [0.2, 0.25) is 0 Å². The van der Waals surface area contributed by atoms with Crippen LogP contribution in [-0.2, 0) is 0 Å². The second-order valence-corrected chi connectivity index (χ2v) is 12.5. The van der Waals surface area contributed by atoms with Crippen molar-refractivity contribution in [3.63, 3.8) is 0 Å². The molecule has 0 nitrogen and oxygen atoms in total. The van der Waals surface area contributed by atoms with E-state index in [1.54, 1.807) is 0 Å². The van der Waals surface area contributed by atoms with E-state index < -0.39 is 0 Å². The van der Waals surface area contributed by atoms with Crippen LogP contribution in [-0.4, -0.2) is 0 Å². The van der Waals surface area contributed by atoms with E-state index in [0.29, 0.717) is 0 Å². The van der Waals surface area contributed by atoms with E-state index in [1.165, 1.54) is 88.0 Å². The molecule has 0 aromatic heterocycles. The molecule has 0 N–H and O–H groups in total. The molecule has 0 heteroatoms. The predicted octanol–water partition coefficient (Wildman–Crippen LogP) is 13.5. The normalized spacial score (nSPS) is 11.3. The Morgan fingerprint density at radius 3 is 0.875 bits per heavy atom. The van der Waals surface area contributed by atoms with Crippen LogP contribution in [0.3, 0.4) is 0 Å². The Balaban J connectivity index is 1.01. The number of rotatable bonds is 5. The lowest BCUT2D eigenvalue weighted by molar-refractivity contribution is 1.56. The number of hydrogen-bond donors (Lipinski definition) is 0. The first kappa shape index (κ1) is 28.0. The fourth-order valence-corrected chi connectivity index (χ4v) is 7.18. The quantitative estimate of drug-likeness (QED) is 0.171. The van der Waals surface area contributed by atoms with Gasteiger partial charge < -0.3 is 0 Å². The lowest BCUT2D eigenvalue weighted by Gasteiger charge is -2.12. The van der Waals surface area contributed by atoms with Gasteiger partial charge in [-0.2, -0.15) is 0 Å². The van der Waals surface area contributed by atoms with Crippen molar-refractivity contribution < 1.29 is 0 Å². The molecule has 0 aliphatic rings. The summed E-state index contributed by atoms with van der Waals surface area (Å²) in [6, 6.07) is 70.6. The Morgan fingerprint density at radius 2 is 0.417 bits per heavy atom. The second kappa shape index (κ2) is 11.8. The molecule has 0 aliphatic heterocycles. The van der Waals surface area contributed by atoms with Crippen LogP contribution in [0.25, 0.3) is 88.0 Å². The number of fused-ring (bicyclic) bond motifs is 6. The first-order valence-electron chi connectivity index (χ1n) is 16.6. The Labute approximate surface area is 281 Å². The predicted molar refractivity (Wildman–Crippen MR) is 206 cm³/mol. The maximum atomic E-state index is 2.36. The van der Waals surface area contributed by atoms with E-state index in [9.17, 15) is 0 Å². The first-order valence-corrected chi connectivity index (χ1v) is 16.6. The van der Waals surface area contributed by atoms with Crippen LogP contribution in [0.5, 0.6) is 0 Å². The van der Waals surface area contributed by atoms with Crippen molar-refractivity contribution in [2.24, 2.45) is 0 Å². The third-order valence-corrected chi connectivity index (χ3v) is 9.68. The molecule has 0 spiro atoms. The van der Waals surface area contributed by atoms with Crippen molar-refractivity contribution in [2.45, 2.75) is 0 Å². The highest BCUT2D eigenvalue weighted by Gasteiger charge is 2.10. The lowest BCUT2D eigenvalue weighted by Crippen LogP contribution is -1.86. The van der Waals surface area contributed by atoms with Crippen LogP contribution in [0.4, 0.5) is 0 Å². The summed E-state index contributed by atoms with van der Waals surface area (Å²) in [5.74, 6) is 0. The van der Waals surface area contributed by atoms with Crippen LogP contribution in [0, 0.1) is 0 Å². The van der Waals surface area contributed by atoms with Gasteiger partial charge in [0.15, 0.2) is 0 Å². The lowest BCUT2D eigenvalue weighted by atomic mass is 9.91. The zero-order valence-corrected chi connectivity index (χ0v) is 26.5. The van der Waals surface area contributed by atoms with E-state index in [4.69, 9.17) is 0 Å². The third kappa shape index (κ3) is 5.05. The van der Waals surface area contributed by atoms with Crippen LogP contribution in [0.2, 0.25) is 0 Å². The minimum atomic E-state index is 1.21. The van der Waals surface area contributed by atoms with Gasteiger partial charge in [0.1, 0.15) is 0 Å². The molecule has 0 saturated heterocycles. The monoisotopic (exact) mass is 608 g/mol. The van der Waals surface area contributed by atoms with E-state index in [0.717, 1.165) is 0 Å². The van der Waals surface area contributed by atoms with Crippen LogP contribution < -0.4 is 0 Å². The Morgan fingerprint density at radius 1 is 0.146 bits per heavy atom. The van der Waals surface area contributed by atoms with Gasteiger partial charge in [0, 0.05) is 0 Å². The molecule has 48 heavy (non-hydrogen) atoms. The highest BCUT2D eigenvalue weighted by Crippen LogP contribution is 2.38. The third-order valence-electron chi connectivity index (χ3n) is 9.68. The maximum Gasteiger partial charge on any atom is -0.00928 e. The maximum absolute atomic E-state index is 2.36. The van der Waals surface area contributed by atoms with Crippen molar-refractivity contribution in [1.29, 1.82) is 0 Å². The average Bonchev–Trinajstić information content (AvgIpc) is 3.18. The molecule has 224 valence electrons. The molecule has 0 atom stereocenters. The van der Waals surface area contributed by atoms with Crippen molar-refractivity contribution in [1.82, 2.24) is 0 Å². The smallest absolute Gasteiger partial charge is 0.00928 e. The molecule has 9 aromatic rings. The summed E-state index contributed by atoms with van der Waals surface area (Å²) in [4.78, 5) is 0. The summed E-state index contributed by atoms with van der Waals surface area (Å²) >= 11 is 0. The van der Waals surface area contributed by atoms with Gasteiger partial charge in [-0.3, -0.25) is 0 Å². The van der Waals surface area contributed by atoms with Gasteiger partial charge in [0.05, 0.1) is 0 Å². The van der Waals surface area contributed by atoms with Gasteiger partial charge >= 0.3 is 0 Å². The molecule has 0 saturated carbocycles. The number of benzene rings is 9. The molecule has 0 unspecified atom stereocenters. The minimum Gasteiger partial charge on any atom is -0.0622 e. The molecular formula is C48H32. The Kier molecular flexibility index (Phi) is 6.91. The van der Waals surface area contributed by atoms with Crippen molar-refractivity contribution in [2.75, 3.05) is 0 Å². The zero-order chi connectivity index (χ0) is 31.9. The molecule has 0 bridgehead atoms. The summed E-state index contributed by atoms with van der Waals surface area (Å²) in [6.07, 6.45) is 0. The Hall–Kier alpha value is -6.24. The fourth-order valence-electron chi connectivity index (χ4n) is 7.18. The SMILES string of the molecule is c1ccc(-c2ccc(-c3cccc(-c4cccc(-c5ccc(-c6ccc7c8ccccc8c8ccccc8c7c6)cc5)c4)c3)cc2)cc1. The summed E-state index contributed by atoms with van der Waals surface area (Å²) in [7, 11) is 0. The summed E-state index contributed by atoms with van der Waals surface area (Å²) < 4.78 is 0. The molecule has 9 rings (SSSR count). The van der Waals surface area contributed by atoms with E-state index in [2.05, 4.69) is 194 Å². The van der Waals surface area contributed by atoms with Gasteiger partial charge in [-0.15, -0.1) is 0 Å². The van der Waals surface area contributed by atoms with Crippen LogP contribution >= 0.6 is 0 Å². The summed E-state index contributed by atoms with van der Waals surface area (Å²) in [6.45, 7) is 0. The van der Waals surface area contributed by atoms with E-state index >= 15 is 0 Å². The average molecular weight is 609 g/mol. The van der Waals surface area contributed by atoms with Crippen LogP contribution in [0.15, 0.2) is 194 Å². The molecular weight excluding hydrogens is 577 g/mol. The molecule has 0 amide bonds. The second-order valence-electron chi connectivity index (χ2n) is 12.5. The highest BCUT2D eigenvalue weighted by molar-refractivity contribution is 6.25. The molecule has 0 heterocycles. The Bertz CT molecular complexity index is 2540. The van der Waals surface area contributed by atoms with Gasteiger partial charge in [-0.05, 0) is 106 Å². The number of hydrogen-bond acceptors (Lipinski definition) is 0. The van der Waals surface area contributed by atoms with E-state index in [1.807, 2.05) is 0 Å².